The van der Waals surface area contributed by atoms with Crippen LogP contribution in [0.5, 0.6) is 0 Å². The lowest BCUT2D eigenvalue weighted by atomic mass is 10.2. The Kier molecular flexibility index (Phi) is 3.43. The van der Waals surface area contributed by atoms with Gasteiger partial charge in [0.15, 0.2) is 0 Å². The Morgan fingerprint density at radius 1 is 1.29 bits per heavy atom. The fourth-order valence-electron chi connectivity index (χ4n) is 0.875. The zero-order valence-electron chi connectivity index (χ0n) is 7.35. The molecule has 2 nitrogen and oxygen atoms in total. The molecule has 0 atom stereocenters. The molecule has 0 fully saturated rings. The molecule has 0 saturated heterocycles. The summed E-state index contributed by atoms with van der Waals surface area (Å²) in [5.41, 5.74) is 5.13. The van der Waals surface area contributed by atoms with Gasteiger partial charge in [0.05, 0.1) is 17.9 Å². The number of aliphatic hydroxyl groups is 1. The number of halogens is 2. The number of benzene rings is 1. The highest BCUT2D eigenvalue weighted by atomic mass is 19.1. The van der Waals surface area contributed by atoms with Gasteiger partial charge in [0.25, 0.3) is 0 Å². The first-order chi connectivity index (χ1) is 6.65. The minimum Gasteiger partial charge on any atom is -0.396 e. The second kappa shape index (κ2) is 4.58. The van der Waals surface area contributed by atoms with Crippen LogP contribution in [0.3, 0.4) is 0 Å². The maximum Gasteiger partial charge on any atom is 0.149 e. The quantitative estimate of drug-likeness (QED) is 0.526. The van der Waals surface area contributed by atoms with Crippen LogP contribution in [0.1, 0.15) is 12.0 Å². The summed E-state index contributed by atoms with van der Waals surface area (Å²) in [6.45, 7) is -0.0920. The Morgan fingerprint density at radius 2 is 2.00 bits per heavy atom. The topological polar surface area (TPSA) is 46.2 Å². The second-order valence-electron chi connectivity index (χ2n) is 2.63. The Morgan fingerprint density at radius 3 is 2.64 bits per heavy atom. The van der Waals surface area contributed by atoms with E-state index in [0.717, 1.165) is 6.07 Å². The molecule has 4 heteroatoms. The van der Waals surface area contributed by atoms with Crippen molar-refractivity contribution in [2.24, 2.45) is 0 Å². The van der Waals surface area contributed by atoms with Gasteiger partial charge in [-0.15, -0.1) is 0 Å². The minimum atomic E-state index is -0.796. The van der Waals surface area contributed by atoms with Crippen molar-refractivity contribution < 1.29 is 13.9 Å². The van der Waals surface area contributed by atoms with Crippen LogP contribution in [0.4, 0.5) is 14.5 Å². The first-order valence-electron chi connectivity index (χ1n) is 3.99. The summed E-state index contributed by atoms with van der Waals surface area (Å²) < 4.78 is 25.7. The molecule has 3 N–H and O–H groups in total. The fourth-order valence-corrected chi connectivity index (χ4v) is 0.875. The van der Waals surface area contributed by atoms with E-state index in [2.05, 4.69) is 11.8 Å². The maximum absolute atomic E-state index is 13.0. The molecule has 14 heavy (non-hydrogen) atoms. The highest BCUT2D eigenvalue weighted by Gasteiger charge is 2.04. The molecule has 0 aliphatic heterocycles. The smallest absolute Gasteiger partial charge is 0.149 e. The van der Waals surface area contributed by atoms with Gasteiger partial charge in [-0.1, -0.05) is 11.8 Å². The average Bonchev–Trinajstić information content (AvgIpc) is 2.14. The third kappa shape index (κ3) is 2.44. The van der Waals surface area contributed by atoms with E-state index in [9.17, 15) is 8.78 Å². The SMILES string of the molecule is Nc1cc(C#CCCO)c(F)cc1F. The minimum absolute atomic E-state index is 0.0392. The molecule has 1 aromatic rings. The lowest BCUT2D eigenvalue weighted by Crippen LogP contribution is -1.94. The van der Waals surface area contributed by atoms with Gasteiger partial charge in [-0.25, -0.2) is 8.78 Å². The largest absolute Gasteiger partial charge is 0.396 e. The zero-order valence-corrected chi connectivity index (χ0v) is 7.35. The molecule has 0 heterocycles. The van der Waals surface area contributed by atoms with Gasteiger partial charge in [-0.3, -0.25) is 0 Å². The number of nitrogens with two attached hydrogens (primary N) is 1. The molecule has 1 aromatic carbocycles. The molecule has 1 rings (SSSR count). The molecule has 0 saturated carbocycles. The van der Waals surface area contributed by atoms with E-state index < -0.39 is 11.6 Å². The van der Waals surface area contributed by atoms with Crippen LogP contribution >= 0.6 is 0 Å². The molecule has 0 aromatic heterocycles. The van der Waals surface area contributed by atoms with Crippen molar-refractivity contribution in [1.82, 2.24) is 0 Å². The molecule has 0 aliphatic carbocycles. The van der Waals surface area contributed by atoms with Gasteiger partial charge < -0.3 is 10.8 Å². The van der Waals surface area contributed by atoms with Crippen LogP contribution in [0, 0.1) is 23.5 Å². The molecule has 0 spiro atoms. The Labute approximate surface area is 80.4 Å². The second-order valence-corrected chi connectivity index (χ2v) is 2.63. The Hall–Kier alpha value is -1.60. The van der Waals surface area contributed by atoms with E-state index in [1.807, 2.05) is 0 Å². The normalized spacial score (nSPS) is 9.36. The maximum atomic E-state index is 13.0. The molecular weight excluding hydrogens is 188 g/mol. The van der Waals surface area contributed by atoms with E-state index in [1.54, 1.807) is 0 Å². The first kappa shape index (κ1) is 10.5. The van der Waals surface area contributed by atoms with Crippen molar-refractivity contribution in [3.05, 3.63) is 29.3 Å². The van der Waals surface area contributed by atoms with Gasteiger partial charge in [0.1, 0.15) is 11.6 Å². The summed E-state index contributed by atoms with van der Waals surface area (Å²) in [6.07, 6.45) is 0.247. The van der Waals surface area contributed by atoms with Crippen LogP contribution in [0.25, 0.3) is 0 Å². The highest BCUT2D eigenvalue weighted by Crippen LogP contribution is 2.15. The van der Waals surface area contributed by atoms with E-state index in [4.69, 9.17) is 10.8 Å². The van der Waals surface area contributed by atoms with Crippen molar-refractivity contribution in [3.63, 3.8) is 0 Å². The summed E-state index contributed by atoms with van der Waals surface area (Å²) >= 11 is 0. The van der Waals surface area contributed by atoms with Crippen molar-refractivity contribution in [1.29, 1.82) is 0 Å². The number of hydrogen-bond donors (Lipinski definition) is 2. The molecule has 0 aliphatic rings. The predicted molar refractivity (Wildman–Crippen MR) is 49.4 cm³/mol. The number of hydrogen-bond acceptors (Lipinski definition) is 2. The van der Waals surface area contributed by atoms with E-state index in [0.29, 0.717) is 6.07 Å². The van der Waals surface area contributed by atoms with Gasteiger partial charge in [-0.2, -0.15) is 0 Å². The lowest BCUT2D eigenvalue weighted by Gasteiger charge is -1.98. The van der Waals surface area contributed by atoms with Crippen molar-refractivity contribution in [2.75, 3.05) is 12.3 Å². The van der Waals surface area contributed by atoms with Crippen molar-refractivity contribution >= 4 is 5.69 Å². The average molecular weight is 197 g/mol. The molecule has 0 radical (unpaired) electrons. The van der Waals surface area contributed by atoms with Crippen molar-refractivity contribution in [3.8, 4) is 11.8 Å². The standard InChI is InChI=1S/C10H9F2NO/c11-8-6-9(12)10(13)5-7(8)3-1-2-4-14/h5-6,14H,2,4,13H2. The molecule has 0 amide bonds. The molecular formula is C10H9F2NO. The highest BCUT2D eigenvalue weighted by molar-refractivity contribution is 5.49. The van der Waals surface area contributed by atoms with Crippen LogP contribution < -0.4 is 5.73 Å². The zero-order chi connectivity index (χ0) is 10.6. The molecule has 0 unspecified atom stereocenters. The van der Waals surface area contributed by atoms with Crippen LogP contribution in [0.2, 0.25) is 0 Å². The number of anilines is 1. The Balaban J connectivity index is 3.00. The van der Waals surface area contributed by atoms with Crippen molar-refractivity contribution in [2.45, 2.75) is 6.42 Å². The Bertz CT molecular complexity index is 393. The summed E-state index contributed by atoms with van der Waals surface area (Å²) in [5.74, 6) is 3.43. The van der Waals surface area contributed by atoms with E-state index >= 15 is 0 Å². The number of aliphatic hydroxyl groups excluding tert-OH is 1. The summed E-state index contributed by atoms with van der Waals surface area (Å²) in [5, 5.41) is 8.43. The van der Waals surface area contributed by atoms with Gasteiger partial charge in [0.2, 0.25) is 0 Å². The predicted octanol–water partition coefficient (Wildman–Crippen LogP) is 1.28. The van der Waals surface area contributed by atoms with Crippen LogP contribution in [-0.4, -0.2) is 11.7 Å². The third-order valence-electron chi connectivity index (χ3n) is 1.55. The third-order valence-corrected chi connectivity index (χ3v) is 1.55. The lowest BCUT2D eigenvalue weighted by molar-refractivity contribution is 0.305. The fraction of sp³-hybridized carbons (Fsp3) is 0.200. The monoisotopic (exact) mass is 197 g/mol. The van der Waals surface area contributed by atoms with Gasteiger partial charge in [0, 0.05) is 12.5 Å². The van der Waals surface area contributed by atoms with Gasteiger partial charge in [-0.05, 0) is 6.07 Å². The van der Waals surface area contributed by atoms with Crippen LogP contribution in [-0.2, 0) is 0 Å². The van der Waals surface area contributed by atoms with Gasteiger partial charge >= 0.3 is 0 Å². The number of rotatable bonds is 1. The van der Waals surface area contributed by atoms with E-state index in [-0.39, 0.29) is 24.3 Å². The van der Waals surface area contributed by atoms with Crippen LogP contribution in [0.15, 0.2) is 12.1 Å². The van der Waals surface area contributed by atoms with E-state index in [1.165, 1.54) is 0 Å². The summed E-state index contributed by atoms with van der Waals surface area (Å²) in [7, 11) is 0. The first-order valence-corrected chi connectivity index (χ1v) is 3.99. The number of nitrogen functional groups attached to an aromatic ring is 1. The summed E-state index contributed by atoms with van der Waals surface area (Å²) in [6, 6.07) is 1.83. The summed E-state index contributed by atoms with van der Waals surface area (Å²) in [4.78, 5) is 0. The molecule has 0 bridgehead atoms. The molecule has 74 valence electrons.